The van der Waals surface area contributed by atoms with Crippen LogP contribution in [0.5, 0.6) is 0 Å². The number of hydrogen-bond acceptors (Lipinski definition) is 5. The molecule has 0 fully saturated rings. The summed E-state index contributed by atoms with van der Waals surface area (Å²) >= 11 is 0. The van der Waals surface area contributed by atoms with E-state index in [0.717, 1.165) is 11.1 Å². The first kappa shape index (κ1) is 22.4. The first-order chi connectivity index (χ1) is 16.4. The standard InChI is InChI=1S/C25H20N4O5/c30-24(12-9-17-5-4-8-20(13-17)29(33)34)27-19-10-11-22-21(14-19)26-16-28(22)23(15-25(31)32)18-6-2-1-3-7-18/h1-14,16,23H,15H2,(H,27,30)(H,31,32)/b12-9+. The molecule has 9 heteroatoms. The Labute approximate surface area is 194 Å². The highest BCUT2D eigenvalue weighted by molar-refractivity contribution is 6.02. The van der Waals surface area contributed by atoms with Crippen molar-refractivity contribution >= 4 is 40.4 Å². The molecule has 1 amide bonds. The fourth-order valence-corrected chi connectivity index (χ4v) is 3.67. The van der Waals surface area contributed by atoms with Crippen molar-refractivity contribution in [3.05, 3.63) is 106 Å². The number of rotatable bonds is 8. The van der Waals surface area contributed by atoms with Crippen LogP contribution >= 0.6 is 0 Å². The van der Waals surface area contributed by atoms with Gasteiger partial charge in [-0.3, -0.25) is 19.7 Å². The van der Waals surface area contributed by atoms with Gasteiger partial charge in [0.05, 0.1) is 34.7 Å². The van der Waals surface area contributed by atoms with Gasteiger partial charge in [-0.25, -0.2) is 4.98 Å². The topological polar surface area (TPSA) is 127 Å². The van der Waals surface area contributed by atoms with Crippen LogP contribution in [0.25, 0.3) is 17.1 Å². The molecule has 3 aromatic carbocycles. The van der Waals surface area contributed by atoms with E-state index in [1.54, 1.807) is 36.7 Å². The zero-order chi connectivity index (χ0) is 24.1. The molecule has 4 rings (SSSR count). The molecular formula is C25H20N4O5. The third-order valence-corrected chi connectivity index (χ3v) is 5.24. The number of carbonyl (C=O) groups excluding carboxylic acids is 1. The Morgan fingerprint density at radius 2 is 1.88 bits per heavy atom. The molecule has 1 aromatic heterocycles. The molecule has 1 heterocycles. The third kappa shape index (κ3) is 5.16. The van der Waals surface area contributed by atoms with Crippen LogP contribution in [-0.2, 0) is 9.59 Å². The van der Waals surface area contributed by atoms with Gasteiger partial charge in [-0.05, 0) is 35.4 Å². The largest absolute Gasteiger partial charge is 0.481 e. The van der Waals surface area contributed by atoms with Crippen LogP contribution < -0.4 is 5.32 Å². The van der Waals surface area contributed by atoms with E-state index < -0.39 is 22.8 Å². The zero-order valence-corrected chi connectivity index (χ0v) is 17.9. The van der Waals surface area contributed by atoms with Gasteiger partial charge in [-0.1, -0.05) is 42.5 Å². The normalized spacial score (nSPS) is 12.0. The average Bonchev–Trinajstić information content (AvgIpc) is 3.25. The number of anilines is 1. The van der Waals surface area contributed by atoms with Crippen molar-refractivity contribution in [2.45, 2.75) is 12.5 Å². The smallest absolute Gasteiger partial charge is 0.305 e. The Bertz CT molecular complexity index is 1390. The Morgan fingerprint density at radius 1 is 1.09 bits per heavy atom. The highest BCUT2D eigenvalue weighted by atomic mass is 16.6. The number of carboxylic acids is 1. The second-order valence-corrected chi connectivity index (χ2v) is 7.55. The molecule has 0 aliphatic carbocycles. The first-order valence-electron chi connectivity index (χ1n) is 10.4. The quantitative estimate of drug-likeness (QED) is 0.225. The number of carbonyl (C=O) groups is 2. The predicted octanol–water partition coefficient (Wildman–Crippen LogP) is 4.66. The molecule has 170 valence electrons. The van der Waals surface area contributed by atoms with Crippen LogP contribution in [0.1, 0.15) is 23.6 Å². The molecular weight excluding hydrogens is 436 g/mol. The summed E-state index contributed by atoms with van der Waals surface area (Å²) in [6.45, 7) is 0. The Hall–Kier alpha value is -4.79. The Balaban J connectivity index is 1.53. The fourth-order valence-electron chi connectivity index (χ4n) is 3.67. The van der Waals surface area contributed by atoms with Gasteiger partial charge in [0.15, 0.2) is 0 Å². The van der Waals surface area contributed by atoms with Gasteiger partial charge < -0.3 is 15.0 Å². The number of benzene rings is 3. The maximum Gasteiger partial charge on any atom is 0.305 e. The minimum Gasteiger partial charge on any atom is -0.481 e. The molecule has 0 spiro atoms. The number of non-ortho nitro benzene ring substituents is 1. The molecule has 1 unspecified atom stereocenters. The molecule has 0 bridgehead atoms. The highest BCUT2D eigenvalue weighted by Gasteiger charge is 2.19. The van der Waals surface area contributed by atoms with Gasteiger partial charge in [-0.2, -0.15) is 0 Å². The van der Waals surface area contributed by atoms with Crippen LogP contribution in [0, 0.1) is 10.1 Å². The number of fused-ring (bicyclic) bond motifs is 1. The first-order valence-corrected chi connectivity index (χ1v) is 10.4. The van der Waals surface area contributed by atoms with Gasteiger partial charge in [0.25, 0.3) is 5.69 Å². The number of nitrogens with one attached hydrogen (secondary N) is 1. The lowest BCUT2D eigenvalue weighted by Gasteiger charge is -2.18. The van der Waals surface area contributed by atoms with Crippen molar-refractivity contribution in [3.63, 3.8) is 0 Å². The Morgan fingerprint density at radius 3 is 2.62 bits per heavy atom. The minimum atomic E-state index is -0.921. The van der Waals surface area contributed by atoms with Crippen molar-refractivity contribution in [1.82, 2.24) is 9.55 Å². The van der Waals surface area contributed by atoms with Crippen LogP contribution in [0.3, 0.4) is 0 Å². The SMILES string of the molecule is O=C(O)CC(c1ccccc1)n1cnc2cc(NC(=O)/C=C/c3cccc([N+](=O)[O-])c3)ccc21. The number of aliphatic carboxylic acids is 1. The highest BCUT2D eigenvalue weighted by Crippen LogP contribution is 2.28. The summed E-state index contributed by atoms with van der Waals surface area (Å²) < 4.78 is 1.81. The lowest BCUT2D eigenvalue weighted by Crippen LogP contribution is -2.14. The van der Waals surface area contributed by atoms with Gasteiger partial charge in [0.1, 0.15) is 0 Å². The van der Waals surface area contributed by atoms with Crippen molar-refractivity contribution in [2.24, 2.45) is 0 Å². The number of hydrogen-bond donors (Lipinski definition) is 2. The summed E-state index contributed by atoms with van der Waals surface area (Å²) in [5.74, 6) is -1.33. The molecule has 34 heavy (non-hydrogen) atoms. The molecule has 0 radical (unpaired) electrons. The number of nitro groups is 1. The molecule has 0 saturated carbocycles. The lowest BCUT2D eigenvalue weighted by molar-refractivity contribution is -0.384. The molecule has 4 aromatic rings. The second-order valence-electron chi connectivity index (χ2n) is 7.55. The molecule has 1 atom stereocenters. The number of amides is 1. The molecule has 0 aliphatic rings. The van der Waals surface area contributed by atoms with Crippen molar-refractivity contribution in [3.8, 4) is 0 Å². The summed E-state index contributed by atoms with van der Waals surface area (Å²) in [7, 11) is 0. The van der Waals surface area contributed by atoms with E-state index in [9.17, 15) is 24.8 Å². The van der Waals surface area contributed by atoms with Crippen LogP contribution in [-0.4, -0.2) is 31.5 Å². The fraction of sp³-hybridized carbons (Fsp3) is 0.0800. The summed E-state index contributed by atoms with van der Waals surface area (Å²) in [6, 6.07) is 20.1. The van der Waals surface area contributed by atoms with Crippen molar-refractivity contribution < 1.29 is 19.6 Å². The Kier molecular flexibility index (Phi) is 6.45. The van der Waals surface area contributed by atoms with E-state index in [1.807, 2.05) is 34.9 Å². The molecule has 9 nitrogen and oxygen atoms in total. The van der Waals surface area contributed by atoms with E-state index in [4.69, 9.17) is 0 Å². The van der Waals surface area contributed by atoms with Crippen molar-refractivity contribution in [1.29, 1.82) is 0 Å². The van der Waals surface area contributed by atoms with Crippen LogP contribution in [0.4, 0.5) is 11.4 Å². The zero-order valence-electron chi connectivity index (χ0n) is 17.9. The van der Waals surface area contributed by atoms with Gasteiger partial charge in [0.2, 0.25) is 5.91 Å². The summed E-state index contributed by atoms with van der Waals surface area (Å²) in [6.07, 6.45) is 4.28. The second kappa shape index (κ2) is 9.78. The van der Waals surface area contributed by atoms with Crippen LogP contribution in [0.2, 0.25) is 0 Å². The maximum absolute atomic E-state index is 12.3. The van der Waals surface area contributed by atoms with Crippen LogP contribution in [0.15, 0.2) is 85.2 Å². The van der Waals surface area contributed by atoms with E-state index >= 15 is 0 Å². The number of nitrogens with zero attached hydrogens (tertiary/aromatic N) is 3. The molecule has 0 aliphatic heterocycles. The average molecular weight is 456 g/mol. The third-order valence-electron chi connectivity index (χ3n) is 5.24. The number of carboxylic acid groups (broad SMARTS) is 1. The predicted molar refractivity (Wildman–Crippen MR) is 127 cm³/mol. The molecule has 2 N–H and O–H groups in total. The number of imidazole rings is 1. The van der Waals surface area contributed by atoms with E-state index in [0.29, 0.717) is 16.8 Å². The van der Waals surface area contributed by atoms with E-state index in [-0.39, 0.29) is 12.1 Å². The summed E-state index contributed by atoms with van der Waals surface area (Å²) in [5, 5.41) is 23.0. The minimum absolute atomic E-state index is 0.0553. The van der Waals surface area contributed by atoms with Crippen molar-refractivity contribution in [2.75, 3.05) is 5.32 Å². The number of aromatic nitrogens is 2. The monoisotopic (exact) mass is 456 g/mol. The van der Waals surface area contributed by atoms with Gasteiger partial charge in [0, 0.05) is 23.9 Å². The van der Waals surface area contributed by atoms with E-state index in [2.05, 4.69) is 10.3 Å². The van der Waals surface area contributed by atoms with Gasteiger partial charge >= 0.3 is 5.97 Å². The number of nitro benzene ring substituents is 1. The maximum atomic E-state index is 12.3. The lowest BCUT2D eigenvalue weighted by atomic mass is 10.0. The summed E-state index contributed by atoms with van der Waals surface area (Å²) in [4.78, 5) is 38.6. The van der Waals surface area contributed by atoms with Gasteiger partial charge in [-0.15, -0.1) is 0 Å². The summed E-state index contributed by atoms with van der Waals surface area (Å²) in [5.41, 5.74) is 3.19. The molecule has 0 saturated heterocycles. The van der Waals surface area contributed by atoms with E-state index in [1.165, 1.54) is 24.3 Å².